The Morgan fingerprint density at radius 3 is 2.40 bits per heavy atom. The maximum Gasteiger partial charge on any atom is 0.410 e. The van der Waals surface area contributed by atoms with Gasteiger partial charge in [0.05, 0.1) is 32.5 Å². The Morgan fingerprint density at radius 1 is 1.00 bits per heavy atom. The van der Waals surface area contributed by atoms with E-state index in [2.05, 4.69) is 44.3 Å². The first-order valence-corrected chi connectivity index (χ1v) is 13.9. The predicted octanol–water partition coefficient (Wildman–Crippen LogP) is 4.82. The zero-order valence-corrected chi connectivity index (χ0v) is 23.8. The van der Waals surface area contributed by atoms with Crippen LogP contribution in [0, 0.1) is 0 Å². The molecule has 0 saturated carbocycles. The molecule has 1 amide bonds. The summed E-state index contributed by atoms with van der Waals surface area (Å²) in [5.41, 5.74) is 4.17. The molecule has 4 aromatic rings. The Labute approximate surface area is 243 Å². The van der Waals surface area contributed by atoms with Crippen molar-refractivity contribution in [2.45, 2.75) is 32.5 Å². The summed E-state index contributed by atoms with van der Waals surface area (Å²) < 4.78 is 17.5. The molecule has 11 nitrogen and oxygen atoms in total. The van der Waals surface area contributed by atoms with Crippen LogP contribution in [-0.4, -0.2) is 88.3 Å². The van der Waals surface area contributed by atoms with Crippen molar-refractivity contribution in [3.63, 3.8) is 0 Å². The van der Waals surface area contributed by atoms with Gasteiger partial charge in [0.25, 0.3) is 0 Å². The number of fused-ring (bicyclic) bond motifs is 1. The number of nitrogens with zero attached hydrogens (tertiary/aromatic N) is 4. The van der Waals surface area contributed by atoms with Gasteiger partial charge in [-0.3, -0.25) is 5.10 Å². The fourth-order valence-electron chi connectivity index (χ4n) is 5.14. The number of carbonyl (C=O) groups is 2. The highest BCUT2D eigenvalue weighted by atomic mass is 16.6. The van der Waals surface area contributed by atoms with Gasteiger partial charge < -0.3 is 29.1 Å². The minimum Gasteiger partial charge on any atom is -0.486 e. The monoisotopic (exact) mass is 571 g/mol. The molecule has 0 spiro atoms. The molecule has 6 rings (SSSR count). The number of nitrogens with one attached hydrogen (secondary N) is 1. The fourth-order valence-corrected chi connectivity index (χ4v) is 5.14. The number of hydrogen-bond donors (Lipinski definition) is 2. The third kappa shape index (κ3) is 5.73. The lowest BCUT2D eigenvalue weighted by molar-refractivity contribution is -0.0220. The molecule has 0 bridgehead atoms. The summed E-state index contributed by atoms with van der Waals surface area (Å²) in [6.45, 7) is 9.45. The Bertz CT molecular complexity index is 1620. The van der Waals surface area contributed by atoms with E-state index >= 15 is 0 Å². The Kier molecular flexibility index (Phi) is 7.19. The number of morpholine rings is 1. The van der Waals surface area contributed by atoms with Gasteiger partial charge in [-0.15, -0.1) is 0 Å². The van der Waals surface area contributed by atoms with Crippen molar-refractivity contribution in [2.75, 3.05) is 44.3 Å². The Balaban J connectivity index is 1.33. The van der Waals surface area contributed by atoms with Crippen LogP contribution in [0.1, 0.15) is 31.3 Å². The minimum absolute atomic E-state index is 0.0843. The summed E-state index contributed by atoms with van der Waals surface area (Å²) in [4.78, 5) is 32.4. The number of rotatable bonds is 6. The summed E-state index contributed by atoms with van der Waals surface area (Å²) in [5, 5.41) is 17.2. The number of carbonyl (C=O) groups excluding carboxylic acids is 1. The van der Waals surface area contributed by atoms with Crippen LogP contribution in [0.25, 0.3) is 33.3 Å². The smallest absolute Gasteiger partial charge is 0.410 e. The van der Waals surface area contributed by atoms with Gasteiger partial charge in [-0.25, -0.2) is 14.6 Å². The van der Waals surface area contributed by atoms with Crippen LogP contribution in [0.2, 0.25) is 0 Å². The molecule has 2 saturated heterocycles. The van der Waals surface area contributed by atoms with E-state index in [1.807, 2.05) is 39.0 Å². The molecule has 4 heterocycles. The number of H-pyrrole nitrogens is 1. The predicted molar refractivity (Wildman–Crippen MR) is 157 cm³/mol. The second-order valence-electron chi connectivity index (χ2n) is 11.5. The molecule has 2 aliphatic rings. The number of aromatic carboxylic acids is 1. The largest absolute Gasteiger partial charge is 0.486 e. The van der Waals surface area contributed by atoms with Crippen molar-refractivity contribution in [3.05, 3.63) is 60.4 Å². The lowest BCUT2D eigenvalue weighted by Crippen LogP contribution is -2.57. The van der Waals surface area contributed by atoms with Crippen LogP contribution in [0.15, 0.2) is 54.7 Å². The summed E-state index contributed by atoms with van der Waals surface area (Å²) in [5.74, 6) is -0.497. The van der Waals surface area contributed by atoms with Crippen molar-refractivity contribution < 1.29 is 28.9 Å². The van der Waals surface area contributed by atoms with E-state index in [4.69, 9.17) is 14.2 Å². The Morgan fingerprint density at radius 2 is 1.71 bits per heavy atom. The number of ether oxygens (including phenoxy) is 3. The van der Waals surface area contributed by atoms with Gasteiger partial charge in [0.15, 0.2) is 11.3 Å². The summed E-state index contributed by atoms with van der Waals surface area (Å²) in [7, 11) is 0. The van der Waals surface area contributed by atoms with Gasteiger partial charge in [-0.1, -0.05) is 24.3 Å². The Hall–Kier alpha value is -4.64. The molecule has 11 heteroatoms. The molecule has 0 atom stereocenters. The third-order valence-electron chi connectivity index (χ3n) is 7.28. The number of pyridine rings is 1. The van der Waals surface area contributed by atoms with Crippen LogP contribution >= 0.6 is 0 Å². The zero-order valence-electron chi connectivity index (χ0n) is 23.8. The highest BCUT2D eigenvalue weighted by Crippen LogP contribution is 2.38. The van der Waals surface area contributed by atoms with E-state index < -0.39 is 11.6 Å². The van der Waals surface area contributed by atoms with E-state index in [0.717, 1.165) is 35.5 Å². The molecule has 2 aromatic carbocycles. The third-order valence-corrected chi connectivity index (χ3v) is 7.28. The first kappa shape index (κ1) is 27.5. The molecule has 0 aliphatic carbocycles. The number of carboxylic acid groups (broad SMARTS) is 1. The SMILES string of the molecule is CC(C)(C)OC(=O)N1CC(Oc2cc(-c3cc(C(=O)O)nc4[nH]ncc34)ccc2-c2ccc(N3CCOCC3)cc2)C1. The average Bonchev–Trinajstić information content (AvgIpc) is 3.43. The molecule has 2 aromatic heterocycles. The summed E-state index contributed by atoms with van der Waals surface area (Å²) >= 11 is 0. The van der Waals surface area contributed by atoms with Crippen LogP contribution in [0.4, 0.5) is 10.5 Å². The molecule has 0 unspecified atom stereocenters. The van der Waals surface area contributed by atoms with Crippen LogP contribution < -0.4 is 9.64 Å². The van der Waals surface area contributed by atoms with Gasteiger partial charge in [0.1, 0.15) is 17.5 Å². The number of benzene rings is 2. The summed E-state index contributed by atoms with van der Waals surface area (Å²) in [6.07, 6.45) is 1.04. The van der Waals surface area contributed by atoms with Crippen molar-refractivity contribution in [3.8, 4) is 28.0 Å². The second-order valence-corrected chi connectivity index (χ2v) is 11.5. The zero-order chi connectivity index (χ0) is 29.4. The highest BCUT2D eigenvalue weighted by molar-refractivity contribution is 5.98. The molecular formula is C31H33N5O6. The number of amides is 1. The first-order chi connectivity index (χ1) is 20.1. The fraction of sp³-hybridized carbons (Fsp3) is 0.355. The van der Waals surface area contributed by atoms with Gasteiger partial charge in [0.2, 0.25) is 0 Å². The van der Waals surface area contributed by atoms with Gasteiger partial charge >= 0.3 is 12.1 Å². The van der Waals surface area contributed by atoms with Gasteiger partial charge in [-0.2, -0.15) is 5.10 Å². The first-order valence-electron chi connectivity index (χ1n) is 13.9. The maximum absolute atomic E-state index is 12.5. The normalized spacial score (nSPS) is 15.9. The second kappa shape index (κ2) is 11.0. The van der Waals surface area contributed by atoms with E-state index in [1.165, 1.54) is 0 Å². The van der Waals surface area contributed by atoms with Crippen molar-refractivity contribution in [1.82, 2.24) is 20.1 Å². The van der Waals surface area contributed by atoms with E-state index in [-0.39, 0.29) is 17.9 Å². The molecule has 2 N–H and O–H groups in total. The molecule has 2 aliphatic heterocycles. The molecule has 2 fully saturated rings. The van der Waals surface area contributed by atoms with Crippen molar-refractivity contribution in [2.24, 2.45) is 0 Å². The highest BCUT2D eigenvalue weighted by Gasteiger charge is 2.35. The number of aromatic nitrogens is 3. The van der Waals surface area contributed by atoms with Gasteiger partial charge in [0, 0.05) is 29.7 Å². The lowest BCUT2D eigenvalue weighted by atomic mass is 9.97. The van der Waals surface area contributed by atoms with Gasteiger partial charge in [-0.05, 0) is 61.7 Å². The molecular weight excluding hydrogens is 538 g/mol. The maximum atomic E-state index is 12.5. The van der Waals surface area contributed by atoms with E-state index in [1.54, 1.807) is 17.2 Å². The topological polar surface area (TPSA) is 130 Å². The van der Waals surface area contributed by atoms with Crippen molar-refractivity contribution >= 4 is 28.8 Å². The van der Waals surface area contributed by atoms with Crippen LogP contribution in [-0.2, 0) is 9.47 Å². The number of likely N-dealkylation sites (tertiary alicyclic amines) is 1. The molecule has 218 valence electrons. The minimum atomic E-state index is -1.13. The van der Waals surface area contributed by atoms with E-state index in [9.17, 15) is 14.7 Å². The summed E-state index contributed by atoms with van der Waals surface area (Å²) in [6, 6.07) is 15.7. The number of aromatic amines is 1. The standard InChI is InChI=1S/C31H33N5O6/c1-31(2,3)42-30(39)36-17-22(18-36)41-27-14-20(24-15-26(29(37)38)33-28-25(24)16-32-34-28)6-9-23(27)19-4-7-21(8-5-19)35-10-12-40-13-11-35/h4-9,14-16,22H,10-13,17-18H2,1-3H3,(H,37,38)(H,32,33,34). The van der Waals surface area contributed by atoms with Crippen LogP contribution in [0.5, 0.6) is 5.75 Å². The quantitative estimate of drug-likeness (QED) is 0.334. The number of carboxylic acids is 1. The van der Waals surface area contributed by atoms with Crippen LogP contribution in [0.3, 0.4) is 0 Å². The van der Waals surface area contributed by atoms with Crippen molar-refractivity contribution in [1.29, 1.82) is 0 Å². The molecule has 0 radical (unpaired) electrons. The average molecular weight is 572 g/mol. The van der Waals surface area contributed by atoms with E-state index in [0.29, 0.717) is 48.6 Å². The number of hydrogen-bond acceptors (Lipinski definition) is 8. The lowest BCUT2D eigenvalue weighted by Gasteiger charge is -2.39. The number of anilines is 1. The molecule has 42 heavy (non-hydrogen) atoms.